The van der Waals surface area contributed by atoms with E-state index in [1.165, 1.54) is 12.1 Å². The van der Waals surface area contributed by atoms with Gasteiger partial charge in [-0.3, -0.25) is 9.59 Å². The van der Waals surface area contributed by atoms with Gasteiger partial charge in [0.25, 0.3) is 0 Å². The monoisotopic (exact) mass is 372 g/mol. The topological polar surface area (TPSA) is 67.2 Å². The number of carbonyl (C=O) groups is 2. The minimum Gasteiger partial charge on any atom is -0.353 e. The van der Waals surface area contributed by atoms with Gasteiger partial charge in [-0.2, -0.15) is 5.10 Å². The summed E-state index contributed by atoms with van der Waals surface area (Å²) in [6.45, 7) is 0.407. The lowest BCUT2D eigenvalue weighted by molar-refractivity contribution is -0.133. The number of hydrogen-bond donors (Lipinski definition) is 1. The zero-order valence-corrected chi connectivity index (χ0v) is 15.5. The lowest BCUT2D eigenvalue weighted by Crippen LogP contribution is -2.34. The Kier molecular flexibility index (Phi) is 6.21. The van der Waals surface area contributed by atoms with Crippen molar-refractivity contribution in [2.24, 2.45) is 0 Å². The molecule has 0 saturated heterocycles. The van der Waals surface area contributed by atoms with E-state index < -0.39 is 0 Å². The van der Waals surface area contributed by atoms with Crippen LogP contribution >= 0.6 is 0 Å². The third-order valence-electron chi connectivity index (χ3n) is 4.86. The number of hydrogen-bond acceptors (Lipinski definition) is 3. The molecule has 0 bridgehead atoms. The van der Waals surface area contributed by atoms with Crippen LogP contribution in [-0.2, 0) is 16.1 Å². The molecule has 0 radical (unpaired) electrons. The predicted molar refractivity (Wildman–Crippen MR) is 99.6 cm³/mol. The molecule has 1 aromatic carbocycles. The molecule has 0 spiro atoms. The SMILES string of the molecule is CN(Cc1cnn(-c2ccc(F)cc2)c1)C(=O)CCC(=O)NC1CCCC1. The number of carbonyl (C=O) groups excluding carboxylic acids is 2. The molecular weight excluding hydrogens is 347 g/mol. The third-order valence-corrected chi connectivity index (χ3v) is 4.86. The van der Waals surface area contributed by atoms with Gasteiger partial charge in [0.1, 0.15) is 5.82 Å². The van der Waals surface area contributed by atoms with Crippen LogP contribution in [0.3, 0.4) is 0 Å². The quantitative estimate of drug-likeness (QED) is 0.813. The van der Waals surface area contributed by atoms with Crippen molar-refractivity contribution in [2.45, 2.75) is 51.1 Å². The third kappa shape index (κ3) is 5.39. The van der Waals surface area contributed by atoms with Gasteiger partial charge in [-0.25, -0.2) is 9.07 Å². The molecule has 0 atom stereocenters. The molecule has 1 aliphatic rings. The fourth-order valence-corrected chi connectivity index (χ4v) is 3.32. The minimum atomic E-state index is -0.298. The van der Waals surface area contributed by atoms with Crippen LogP contribution in [0.1, 0.15) is 44.1 Å². The zero-order valence-electron chi connectivity index (χ0n) is 15.5. The Labute approximate surface area is 158 Å². The Morgan fingerprint density at radius 3 is 2.63 bits per heavy atom. The van der Waals surface area contributed by atoms with E-state index in [0.29, 0.717) is 6.54 Å². The van der Waals surface area contributed by atoms with Crippen molar-refractivity contribution < 1.29 is 14.0 Å². The van der Waals surface area contributed by atoms with Crippen LogP contribution in [0.4, 0.5) is 4.39 Å². The Hall–Kier alpha value is -2.70. The van der Waals surface area contributed by atoms with E-state index in [2.05, 4.69) is 10.4 Å². The average molecular weight is 372 g/mol. The molecule has 27 heavy (non-hydrogen) atoms. The maximum absolute atomic E-state index is 13.0. The van der Waals surface area contributed by atoms with Gasteiger partial charge >= 0.3 is 0 Å². The Bertz CT molecular complexity index is 782. The number of aromatic nitrogens is 2. The van der Waals surface area contributed by atoms with Gasteiger partial charge in [0.15, 0.2) is 0 Å². The summed E-state index contributed by atoms with van der Waals surface area (Å²) in [6, 6.07) is 6.32. The molecule has 1 aromatic heterocycles. The molecule has 0 aliphatic heterocycles. The highest BCUT2D eigenvalue weighted by Crippen LogP contribution is 2.17. The van der Waals surface area contributed by atoms with Crippen molar-refractivity contribution >= 4 is 11.8 Å². The molecule has 6 nitrogen and oxygen atoms in total. The number of rotatable bonds is 7. The van der Waals surface area contributed by atoms with Crippen molar-refractivity contribution in [1.29, 1.82) is 0 Å². The number of halogens is 1. The second kappa shape index (κ2) is 8.79. The first-order chi connectivity index (χ1) is 13.0. The second-order valence-corrected chi connectivity index (χ2v) is 7.07. The summed E-state index contributed by atoms with van der Waals surface area (Å²) >= 11 is 0. The lowest BCUT2D eigenvalue weighted by Gasteiger charge is -2.17. The molecule has 1 aliphatic carbocycles. The summed E-state index contributed by atoms with van der Waals surface area (Å²) in [5.74, 6) is -0.424. The Morgan fingerprint density at radius 1 is 1.22 bits per heavy atom. The van der Waals surface area contributed by atoms with Gasteiger partial charge in [-0.15, -0.1) is 0 Å². The molecule has 1 heterocycles. The number of amides is 2. The first-order valence-electron chi connectivity index (χ1n) is 9.34. The molecule has 1 N–H and O–H groups in total. The summed E-state index contributed by atoms with van der Waals surface area (Å²) in [4.78, 5) is 25.8. The average Bonchev–Trinajstić information content (AvgIpc) is 3.32. The van der Waals surface area contributed by atoms with Crippen LogP contribution in [0.2, 0.25) is 0 Å². The van der Waals surface area contributed by atoms with Crippen molar-refractivity contribution in [3.63, 3.8) is 0 Å². The largest absolute Gasteiger partial charge is 0.353 e. The van der Waals surface area contributed by atoms with Crippen LogP contribution in [-0.4, -0.2) is 39.6 Å². The first-order valence-corrected chi connectivity index (χ1v) is 9.34. The van der Waals surface area contributed by atoms with Crippen LogP contribution in [0.25, 0.3) is 5.69 Å². The highest BCUT2D eigenvalue weighted by atomic mass is 19.1. The lowest BCUT2D eigenvalue weighted by atomic mass is 10.2. The van der Waals surface area contributed by atoms with Crippen LogP contribution < -0.4 is 5.32 Å². The smallest absolute Gasteiger partial charge is 0.223 e. The number of benzene rings is 1. The summed E-state index contributed by atoms with van der Waals surface area (Å²) < 4.78 is 14.6. The highest BCUT2D eigenvalue weighted by Gasteiger charge is 2.18. The van der Waals surface area contributed by atoms with Crippen LogP contribution in [0.5, 0.6) is 0 Å². The molecule has 144 valence electrons. The minimum absolute atomic E-state index is 0.0484. The van der Waals surface area contributed by atoms with Gasteiger partial charge in [0, 0.05) is 44.2 Å². The maximum Gasteiger partial charge on any atom is 0.223 e. The Morgan fingerprint density at radius 2 is 1.93 bits per heavy atom. The molecule has 1 fully saturated rings. The molecule has 2 aromatic rings. The highest BCUT2D eigenvalue weighted by molar-refractivity contribution is 5.83. The standard InChI is InChI=1S/C20H25FN4O2/c1-24(20(27)11-10-19(26)23-17-4-2-3-5-17)13-15-12-22-25(14-15)18-8-6-16(21)7-9-18/h6-9,12,14,17H,2-5,10-11,13H2,1H3,(H,23,26). The molecule has 2 amide bonds. The van der Waals surface area contributed by atoms with Gasteiger partial charge in [0.2, 0.25) is 11.8 Å². The fourth-order valence-electron chi connectivity index (χ4n) is 3.32. The number of nitrogens with one attached hydrogen (secondary N) is 1. The summed E-state index contributed by atoms with van der Waals surface area (Å²) in [6.07, 6.45) is 8.31. The fraction of sp³-hybridized carbons (Fsp3) is 0.450. The van der Waals surface area contributed by atoms with E-state index in [0.717, 1.165) is 36.9 Å². The van der Waals surface area contributed by atoms with Gasteiger partial charge in [-0.1, -0.05) is 12.8 Å². The second-order valence-electron chi connectivity index (χ2n) is 7.07. The molecule has 0 unspecified atom stereocenters. The predicted octanol–water partition coefficient (Wildman–Crippen LogP) is 2.81. The van der Waals surface area contributed by atoms with Crippen molar-refractivity contribution in [2.75, 3.05) is 7.05 Å². The molecular formula is C20H25FN4O2. The molecule has 1 saturated carbocycles. The maximum atomic E-state index is 13.0. The van der Waals surface area contributed by atoms with Crippen LogP contribution in [0, 0.1) is 5.82 Å². The van der Waals surface area contributed by atoms with E-state index in [1.54, 1.807) is 35.0 Å². The van der Waals surface area contributed by atoms with E-state index in [9.17, 15) is 14.0 Å². The van der Waals surface area contributed by atoms with E-state index >= 15 is 0 Å². The van der Waals surface area contributed by atoms with Crippen molar-refractivity contribution in [3.05, 3.63) is 48.0 Å². The van der Waals surface area contributed by atoms with Crippen LogP contribution in [0.15, 0.2) is 36.7 Å². The number of nitrogens with zero attached hydrogens (tertiary/aromatic N) is 3. The van der Waals surface area contributed by atoms with E-state index in [1.807, 2.05) is 6.20 Å². The van der Waals surface area contributed by atoms with Crippen molar-refractivity contribution in [1.82, 2.24) is 20.0 Å². The summed E-state index contributed by atoms with van der Waals surface area (Å²) in [5, 5.41) is 7.25. The molecule has 3 rings (SSSR count). The Balaban J connectivity index is 1.46. The van der Waals surface area contributed by atoms with E-state index in [4.69, 9.17) is 0 Å². The first kappa shape index (κ1) is 19.1. The van der Waals surface area contributed by atoms with Gasteiger partial charge in [0.05, 0.1) is 11.9 Å². The summed E-state index contributed by atoms with van der Waals surface area (Å²) in [7, 11) is 1.71. The normalized spacial score (nSPS) is 14.3. The van der Waals surface area contributed by atoms with Gasteiger partial charge < -0.3 is 10.2 Å². The van der Waals surface area contributed by atoms with Gasteiger partial charge in [-0.05, 0) is 37.1 Å². The van der Waals surface area contributed by atoms with Crippen molar-refractivity contribution in [3.8, 4) is 5.69 Å². The summed E-state index contributed by atoms with van der Waals surface area (Å²) in [5.41, 5.74) is 1.62. The van der Waals surface area contributed by atoms with E-state index in [-0.39, 0.29) is 36.5 Å². The molecule has 7 heteroatoms. The zero-order chi connectivity index (χ0) is 19.2.